The Morgan fingerprint density at radius 2 is 2.17 bits per heavy atom. The Balaban J connectivity index is 3.18. The van der Waals surface area contributed by atoms with Gasteiger partial charge in [-0.3, -0.25) is 0 Å². The lowest BCUT2D eigenvalue weighted by Crippen LogP contribution is -2.15. The second kappa shape index (κ2) is 3.78. The van der Waals surface area contributed by atoms with E-state index in [1.807, 2.05) is 0 Å². The van der Waals surface area contributed by atoms with E-state index in [9.17, 15) is 0 Å². The Hall–Kier alpha value is -0.740. The summed E-state index contributed by atoms with van der Waals surface area (Å²) in [5.41, 5.74) is 6.23. The summed E-state index contributed by atoms with van der Waals surface area (Å²) < 4.78 is 0.779. The molecule has 0 aliphatic rings. The third-order valence-electron chi connectivity index (χ3n) is 1.35. The fourth-order valence-corrected chi connectivity index (χ4v) is 1.65. The molecule has 1 aromatic carbocycles. The van der Waals surface area contributed by atoms with E-state index in [0.717, 1.165) is 10.0 Å². The molecule has 64 valence electrons. The maximum Gasteiger partial charge on any atom is 0.151 e. The molecule has 4 N–H and O–H groups in total. The predicted molar refractivity (Wildman–Crippen MR) is 54.1 cm³/mol. The van der Waals surface area contributed by atoms with E-state index in [1.54, 1.807) is 18.2 Å². The fourth-order valence-electron chi connectivity index (χ4n) is 0.767. The number of halogens is 2. The Morgan fingerprint density at radius 1 is 1.50 bits per heavy atom. The first-order valence-electron chi connectivity index (χ1n) is 3.14. The molecule has 0 aliphatic carbocycles. The van der Waals surface area contributed by atoms with E-state index in [4.69, 9.17) is 23.2 Å². The number of hydrogen-bond acceptors (Lipinski definition) is 2. The summed E-state index contributed by atoms with van der Waals surface area (Å²) in [6, 6.07) is 5.20. The van der Waals surface area contributed by atoms with Crippen molar-refractivity contribution in [2.24, 2.45) is 16.7 Å². The minimum Gasteiger partial charge on any atom is -0.382 e. The SMILES string of the molecule is N/N=C(/N)c1ccc(Cl)cc1Br. The molecule has 0 amide bonds. The lowest BCUT2D eigenvalue weighted by molar-refractivity contribution is 1.23. The van der Waals surface area contributed by atoms with Crippen LogP contribution in [0.3, 0.4) is 0 Å². The van der Waals surface area contributed by atoms with Gasteiger partial charge in [0.25, 0.3) is 0 Å². The smallest absolute Gasteiger partial charge is 0.151 e. The van der Waals surface area contributed by atoms with Gasteiger partial charge in [-0.25, -0.2) is 0 Å². The summed E-state index contributed by atoms with van der Waals surface area (Å²) in [6.07, 6.45) is 0. The number of hydrazone groups is 1. The Morgan fingerprint density at radius 3 is 2.67 bits per heavy atom. The van der Waals surface area contributed by atoms with Crippen molar-refractivity contribution < 1.29 is 0 Å². The molecular weight excluding hydrogens is 241 g/mol. The van der Waals surface area contributed by atoms with Crippen LogP contribution in [0, 0.1) is 0 Å². The van der Waals surface area contributed by atoms with Gasteiger partial charge in [0.2, 0.25) is 0 Å². The molecule has 12 heavy (non-hydrogen) atoms. The van der Waals surface area contributed by atoms with Crippen LogP contribution in [-0.4, -0.2) is 5.84 Å². The summed E-state index contributed by atoms with van der Waals surface area (Å²) >= 11 is 9.01. The average Bonchev–Trinajstić information content (AvgIpc) is 2.03. The number of amidine groups is 1. The van der Waals surface area contributed by atoms with Crippen LogP contribution in [0.4, 0.5) is 0 Å². The van der Waals surface area contributed by atoms with Crippen LogP contribution in [0.25, 0.3) is 0 Å². The molecule has 0 unspecified atom stereocenters. The van der Waals surface area contributed by atoms with Gasteiger partial charge in [0.1, 0.15) is 0 Å². The molecule has 1 aromatic rings. The summed E-state index contributed by atoms with van der Waals surface area (Å²) in [4.78, 5) is 0. The number of benzene rings is 1. The van der Waals surface area contributed by atoms with Gasteiger partial charge >= 0.3 is 0 Å². The van der Waals surface area contributed by atoms with Crippen LogP contribution >= 0.6 is 27.5 Å². The third kappa shape index (κ3) is 1.89. The lowest BCUT2D eigenvalue weighted by Gasteiger charge is -2.02. The molecule has 5 heteroatoms. The molecule has 0 heterocycles. The maximum absolute atomic E-state index is 5.72. The van der Waals surface area contributed by atoms with Crippen LogP contribution in [0.1, 0.15) is 5.56 Å². The predicted octanol–water partition coefficient (Wildman–Crippen LogP) is 1.68. The molecule has 0 saturated carbocycles. The normalized spacial score (nSPS) is 11.7. The number of nitrogens with zero attached hydrogens (tertiary/aromatic N) is 1. The van der Waals surface area contributed by atoms with E-state index in [0.29, 0.717) is 5.02 Å². The van der Waals surface area contributed by atoms with Crippen LogP contribution in [0.15, 0.2) is 27.8 Å². The maximum atomic E-state index is 5.72. The van der Waals surface area contributed by atoms with Crippen LogP contribution < -0.4 is 11.6 Å². The number of rotatable bonds is 1. The minimum atomic E-state index is 0.276. The van der Waals surface area contributed by atoms with Crippen LogP contribution in [0.2, 0.25) is 5.02 Å². The second-order valence-corrected chi connectivity index (χ2v) is 3.43. The fraction of sp³-hybridized carbons (Fsp3) is 0. The average molecular weight is 249 g/mol. The monoisotopic (exact) mass is 247 g/mol. The summed E-state index contributed by atoms with van der Waals surface area (Å²) in [5, 5.41) is 4.01. The largest absolute Gasteiger partial charge is 0.382 e. The first-order valence-corrected chi connectivity index (χ1v) is 4.31. The molecular formula is C7H7BrClN3. The van der Waals surface area contributed by atoms with Gasteiger partial charge in [0.15, 0.2) is 5.84 Å². The molecule has 3 nitrogen and oxygen atoms in total. The zero-order valence-electron chi connectivity index (χ0n) is 6.09. The van der Waals surface area contributed by atoms with Gasteiger partial charge in [0, 0.05) is 15.1 Å². The molecule has 0 saturated heterocycles. The molecule has 0 atom stereocenters. The Labute approximate surface area is 83.5 Å². The summed E-state index contributed by atoms with van der Waals surface area (Å²) in [6.45, 7) is 0. The van der Waals surface area contributed by atoms with E-state index in [2.05, 4.69) is 21.0 Å². The molecule has 0 spiro atoms. The topological polar surface area (TPSA) is 64.4 Å². The molecule has 0 aromatic heterocycles. The minimum absolute atomic E-state index is 0.276. The van der Waals surface area contributed by atoms with Crippen LogP contribution in [0.5, 0.6) is 0 Å². The number of hydrogen-bond donors (Lipinski definition) is 2. The highest BCUT2D eigenvalue weighted by Crippen LogP contribution is 2.20. The standard InChI is InChI=1S/C7H7BrClN3/c8-6-3-4(9)1-2-5(6)7(10)12-11/h1-3H,11H2,(H2,10,12). The van der Waals surface area contributed by atoms with Gasteiger partial charge in [-0.2, -0.15) is 5.10 Å². The first kappa shape index (κ1) is 9.35. The molecule has 0 aliphatic heterocycles. The quantitative estimate of drug-likeness (QED) is 0.344. The van der Waals surface area contributed by atoms with Crippen LogP contribution in [-0.2, 0) is 0 Å². The van der Waals surface area contributed by atoms with Crippen molar-refractivity contribution in [1.82, 2.24) is 0 Å². The highest BCUT2D eigenvalue weighted by Gasteiger charge is 2.03. The highest BCUT2D eigenvalue weighted by molar-refractivity contribution is 9.10. The van der Waals surface area contributed by atoms with Gasteiger partial charge < -0.3 is 11.6 Å². The van der Waals surface area contributed by atoms with Crippen molar-refractivity contribution in [3.05, 3.63) is 33.3 Å². The highest BCUT2D eigenvalue weighted by atomic mass is 79.9. The van der Waals surface area contributed by atoms with Gasteiger partial charge in [-0.05, 0) is 34.1 Å². The van der Waals surface area contributed by atoms with Crippen molar-refractivity contribution in [1.29, 1.82) is 0 Å². The van der Waals surface area contributed by atoms with Gasteiger partial charge in [-0.1, -0.05) is 11.6 Å². The summed E-state index contributed by atoms with van der Waals surface area (Å²) in [7, 11) is 0. The number of nitrogens with two attached hydrogens (primary N) is 2. The molecule has 0 bridgehead atoms. The molecule has 1 rings (SSSR count). The first-order chi connectivity index (χ1) is 5.65. The van der Waals surface area contributed by atoms with Crippen molar-refractivity contribution in [2.75, 3.05) is 0 Å². The van der Waals surface area contributed by atoms with Crippen molar-refractivity contribution in [2.45, 2.75) is 0 Å². The van der Waals surface area contributed by atoms with E-state index < -0.39 is 0 Å². The Kier molecular flexibility index (Phi) is 2.94. The third-order valence-corrected chi connectivity index (χ3v) is 2.24. The van der Waals surface area contributed by atoms with Crippen molar-refractivity contribution >= 4 is 33.4 Å². The van der Waals surface area contributed by atoms with Gasteiger partial charge in [0.05, 0.1) is 0 Å². The van der Waals surface area contributed by atoms with E-state index in [-0.39, 0.29) is 5.84 Å². The zero-order chi connectivity index (χ0) is 9.14. The summed E-state index contributed by atoms with van der Waals surface area (Å²) in [5.74, 6) is 5.30. The second-order valence-electron chi connectivity index (χ2n) is 2.14. The van der Waals surface area contributed by atoms with Gasteiger partial charge in [-0.15, -0.1) is 0 Å². The lowest BCUT2D eigenvalue weighted by atomic mass is 10.2. The molecule has 0 fully saturated rings. The zero-order valence-corrected chi connectivity index (χ0v) is 8.43. The van der Waals surface area contributed by atoms with Crippen molar-refractivity contribution in [3.8, 4) is 0 Å². The van der Waals surface area contributed by atoms with E-state index in [1.165, 1.54) is 0 Å². The van der Waals surface area contributed by atoms with E-state index >= 15 is 0 Å². The Bertz CT molecular complexity index is 324. The van der Waals surface area contributed by atoms with Crippen molar-refractivity contribution in [3.63, 3.8) is 0 Å². The molecule has 0 radical (unpaired) electrons.